The first-order valence-electron chi connectivity index (χ1n) is 5.44. The van der Waals surface area contributed by atoms with Gasteiger partial charge in [0.25, 0.3) is 5.91 Å². The van der Waals surface area contributed by atoms with Gasteiger partial charge in [-0.15, -0.1) is 0 Å². The highest BCUT2D eigenvalue weighted by atomic mass is 79.9. The predicted molar refractivity (Wildman–Crippen MR) is 77.1 cm³/mol. The molecule has 0 fully saturated rings. The van der Waals surface area contributed by atoms with E-state index in [4.69, 9.17) is 0 Å². The SMILES string of the molecule is CCC(CBr)(CBr)NC(=O)c1ccc(C)nc1. The Bertz CT molecular complexity index is 366. The summed E-state index contributed by atoms with van der Waals surface area (Å²) in [7, 11) is 0. The Labute approximate surface area is 119 Å². The summed E-state index contributed by atoms with van der Waals surface area (Å²) in [5.41, 5.74) is 1.25. The predicted octanol–water partition coefficient (Wildman–Crippen LogP) is 3.06. The summed E-state index contributed by atoms with van der Waals surface area (Å²) in [5, 5.41) is 4.47. The lowest BCUT2D eigenvalue weighted by molar-refractivity contribution is 0.0915. The molecular formula is C12H16Br2N2O. The lowest BCUT2D eigenvalue weighted by atomic mass is 10.0. The molecule has 1 rings (SSSR count). The van der Waals surface area contributed by atoms with E-state index in [-0.39, 0.29) is 11.4 Å². The second-order valence-corrected chi connectivity index (χ2v) is 5.16. The minimum atomic E-state index is -0.248. The maximum atomic E-state index is 12.1. The third-order valence-corrected chi connectivity index (χ3v) is 4.89. The van der Waals surface area contributed by atoms with Gasteiger partial charge in [-0.3, -0.25) is 9.78 Å². The van der Waals surface area contributed by atoms with Crippen molar-refractivity contribution in [2.75, 3.05) is 10.7 Å². The van der Waals surface area contributed by atoms with E-state index in [0.29, 0.717) is 16.2 Å². The number of carbonyl (C=O) groups is 1. The zero-order valence-corrected chi connectivity index (χ0v) is 13.1. The Morgan fingerprint density at radius 2 is 2.06 bits per heavy atom. The maximum Gasteiger partial charge on any atom is 0.253 e. The van der Waals surface area contributed by atoms with Crippen molar-refractivity contribution in [3.05, 3.63) is 29.6 Å². The number of nitrogens with zero attached hydrogens (tertiary/aromatic N) is 1. The van der Waals surface area contributed by atoms with Crippen molar-refractivity contribution in [2.24, 2.45) is 0 Å². The minimum absolute atomic E-state index is 0.0850. The Balaban J connectivity index is 2.81. The zero-order valence-electron chi connectivity index (χ0n) is 9.96. The highest BCUT2D eigenvalue weighted by Crippen LogP contribution is 2.17. The molecule has 0 saturated carbocycles. The van der Waals surface area contributed by atoms with Crippen LogP contribution >= 0.6 is 31.9 Å². The number of carbonyl (C=O) groups excluding carboxylic acids is 1. The third-order valence-electron chi connectivity index (χ3n) is 2.74. The second kappa shape index (κ2) is 6.50. The molecule has 1 aromatic rings. The molecule has 0 unspecified atom stereocenters. The number of hydrogen-bond acceptors (Lipinski definition) is 2. The van der Waals surface area contributed by atoms with Gasteiger partial charge in [-0.25, -0.2) is 0 Å². The third kappa shape index (κ3) is 3.78. The highest BCUT2D eigenvalue weighted by molar-refractivity contribution is 9.09. The van der Waals surface area contributed by atoms with E-state index in [1.54, 1.807) is 12.3 Å². The van der Waals surface area contributed by atoms with Crippen LogP contribution in [0.15, 0.2) is 18.3 Å². The molecule has 1 aromatic heterocycles. The van der Waals surface area contributed by atoms with Gasteiger partial charge in [-0.2, -0.15) is 0 Å². The van der Waals surface area contributed by atoms with Crippen molar-refractivity contribution in [3.8, 4) is 0 Å². The van der Waals surface area contributed by atoms with Gasteiger partial charge < -0.3 is 5.32 Å². The molecule has 1 amide bonds. The fourth-order valence-corrected chi connectivity index (χ4v) is 3.30. The molecule has 1 N–H and O–H groups in total. The summed E-state index contributed by atoms with van der Waals surface area (Å²) in [4.78, 5) is 16.2. The van der Waals surface area contributed by atoms with Crippen LogP contribution in [0.2, 0.25) is 0 Å². The molecule has 1 heterocycles. The summed E-state index contributed by atoms with van der Waals surface area (Å²) >= 11 is 6.89. The van der Waals surface area contributed by atoms with Gasteiger partial charge in [0, 0.05) is 22.6 Å². The number of aromatic nitrogens is 1. The van der Waals surface area contributed by atoms with Crippen molar-refractivity contribution in [1.82, 2.24) is 10.3 Å². The number of hydrogen-bond donors (Lipinski definition) is 1. The van der Waals surface area contributed by atoms with E-state index < -0.39 is 0 Å². The summed E-state index contributed by atoms with van der Waals surface area (Å²) < 4.78 is 0. The minimum Gasteiger partial charge on any atom is -0.345 e. The molecule has 0 aliphatic heterocycles. The summed E-state index contributed by atoms with van der Waals surface area (Å²) in [6, 6.07) is 3.63. The van der Waals surface area contributed by atoms with Crippen LogP contribution in [0.4, 0.5) is 0 Å². The standard InChI is InChI=1S/C12H16Br2N2O/c1-3-12(7-13,8-14)16-11(17)10-5-4-9(2)15-6-10/h4-6H,3,7-8H2,1-2H3,(H,16,17). The number of rotatable bonds is 5. The number of halogens is 2. The molecule has 0 saturated heterocycles. The molecule has 5 heteroatoms. The first-order valence-corrected chi connectivity index (χ1v) is 7.68. The van der Waals surface area contributed by atoms with Crippen LogP contribution in [0.1, 0.15) is 29.4 Å². The maximum absolute atomic E-state index is 12.1. The normalized spacial score (nSPS) is 11.3. The number of aryl methyl sites for hydroxylation is 1. The van der Waals surface area contributed by atoms with Gasteiger partial charge in [0.15, 0.2) is 0 Å². The lowest BCUT2D eigenvalue weighted by Crippen LogP contribution is -2.51. The molecule has 0 aliphatic carbocycles. The molecule has 0 aromatic carbocycles. The van der Waals surface area contributed by atoms with E-state index in [0.717, 1.165) is 12.1 Å². The van der Waals surface area contributed by atoms with Gasteiger partial charge in [0.05, 0.1) is 11.1 Å². The molecule has 0 atom stereocenters. The largest absolute Gasteiger partial charge is 0.345 e. The summed E-state index contributed by atoms with van der Waals surface area (Å²) in [6.45, 7) is 3.95. The molecule has 17 heavy (non-hydrogen) atoms. The first-order chi connectivity index (χ1) is 8.06. The van der Waals surface area contributed by atoms with Crippen molar-refractivity contribution < 1.29 is 4.79 Å². The molecule has 0 spiro atoms. The molecular weight excluding hydrogens is 348 g/mol. The van der Waals surface area contributed by atoms with Crippen LogP contribution in [-0.4, -0.2) is 27.1 Å². The van der Waals surface area contributed by atoms with Crippen LogP contribution in [0, 0.1) is 6.92 Å². The number of alkyl halides is 2. The van der Waals surface area contributed by atoms with Crippen molar-refractivity contribution in [2.45, 2.75) is 25.8 Å². The highest BCUT2D eigenvalue weighted by Gasteiger charge is 2.28. The van der Waals surface area contributed by atoms with E-state index in [2.05, 4.69) is 49.1 Å². The fourth-order valence-electron chi connectivity index (χ4n) is 1.30. The van der Waals surface area contributed by atoms with E-state index in [1.165, 1.54) is 0 Å². The van der Waals surface area contributed by atoms with Gasteiger partial charge >= 0.3 is 0 Å². The average Bonchev–Trinajstić information content (AvgIpc) is 2.37. The van der Waals surface area contributed by atoms with E-state index in [9.17, 15) is 4.79 Å². The monoisotopic (exact) mass is 362 g/mol. The Morgan fingerprint density at radius 3 is 2.47 bits per heavy atom. The summed E-state index contributed by atoms with van der Waals surface area (Å²) in [6.07, 6.45) is 2.46. The van der Waals surface area contributed by atoms with Crippen LogP contribution < -0.4 is 5.32 Å². The van der Waals surface area contributed by atoms with Crippen molar-refractivity contribution in [3.63, 3.8) is 0 Å². The molecule has 0 aliphatic rings. The Kier molecular flexibility index (Phi) is 5.59. The molecule has 0 radical (unpaired) electrons. The number of nitrogens with one attached hydrogen (secondary N) is 1. The molecule has 94 valence electrons. The van der Waals surface area contributed by atoms with Crippen LogP contribution in [0.5, 0.6) is 0 Å². The second-order valence-electron chi connectivity index (χ2n) is 4.04. The van der Waals surface area contributed by atoms with Crippen molar-refractivity contribution in [1.29, 1.82) is 0 Å². The van der Waals surface area contributed by atoms with Gasteiger partial charge in [0.1, 0.15) is 0 Å². The van der Waals surface area contributed by atoms with E-state index >= 15 is 0 Å². The average molecular weight is 364 g/mol. The Morgan fingerprint density at radius 1 is 1.41 bits per heavy atom. The van der Waals surface area contributed by atoms with Crippen LogP contribution in [0.3, 0.4) is 0 Å². The number of amides is 1. The first kappa shape index (κ1) is 14.6. The Hall–Kier alpha value is -0.420. The zero-order chi connectivity index (χ0) is 12.9. The number of pyridine rings is 1. The van der Waals surface area contributed by atoms with Crippen molar-refractivity contribution >= 4 is 37.8 Å². The smallest absolute Gasteiger partial charge is 0.253 e. The van der Waals surface area contributed by atoms with Gasteiger partial charge in [-0.05, 0) is 25.5 Å². The van der Waals surface area contributed by atoms with Crippen LogP contribution in [-0.2, 0) is 0 Å². The summed E-state index contributed by atoms with van der Waals surface area (Å²) in [5.74, 6) is -0.0850. The van der Waals surface area contributed by atoms with Gasteiger partial charge in [0.2, 0.25) is 0 Å². The molecule has 3 nitrogen and oxygen atoms in total. The van der Waals surface area contributed by atoms with Gasteiger partial charge in [-0.1, -0.05) is 38.8 Å². The van der Waals surface area contributed by atoms with E-state index in [1.807, 2.05) is 13.0 Å². The quantitative estimate of drug-likeness (QED) is 0.817. The van der Waals surface area contributed by atoms with Crippen LogP contribution in [0.25, 0.3) is 0 Å². The fraction of sp³-hybridized carbons (Fsp3) is 0.500. The topological polar surface area (TPSA) is 42.0 Å². The lowest BCUT2D eigenvalue weighted by Gasteiger charge is -2.29. The molecule has 0 bridgehead atoms.